The number of hydrogen-bond donors (Lipinski definition) is 2. The van der Waals surface area contributed by atoms with E-state index in [-0.39, 0.29) is 0 Å². The van der Waals surface area contributed by atoms with Crippen molar-refractivity contribution < 1.29 is 4.74 Å². The minimum absolute atomic E-state index is 0.293. The van der Waals surface area contributed by atoms with E-state index in [2.05, 4.69) is 41.5 Å². The number of benzene rings is 2. The summed E-state index contributed by atoms with van der Waals surface area (Å²) >= 11 is 6.42. The van der Waals surface area contributed by atoms with E-state index in [1.165, 1.54) is 18.4 Å². The Labute approximate surface area is 164 Å². The zero-order valence-corrected chi connectivity index (χ0v) is 16.3. The molecule has 2 aromatic rings. The molecule has 1 aliphatic heterocycles. The van der Waals surface area contributed by atoms with Gasteiger partial charge in [-0.15, -0.1) is 0 Å². The van der Waals surface area contributed by atoms with Crippen LogP contribution in [-0.2, 0) is 16.7 Å². The molecular weight excluding hydrogens is 360 g/mol. The van der Waals surface area contributed by atoms with E-state index in [1.54, 1.807) is 7.11 Å². The number of rotatable bonds is 4. The number of nitrogens with zero attached hydrogens (tertiary/aromatic N) is 2. The first-order chi connectivity index (χ1) is 13.0. The van der Waals surface area contributed by atoms with E-state index in [9.17, 15) is 0 Å². The molecule has 0 bridgehead atoms. The number of halogens is 1. The van der Waals surface area contributed by atoms with Crippen LogP contribution in [0.15, 0.2) is 52.4 Å². The summed E-state index contributed by atoms with van der Waals surface area (Å²) in [5.74, 6) is 0.729. The molecule has 0 saturated heterocycles. The van der Waals surface area contributed by atoms with Gasteiger partial charge in [0.2, 0.25) is 0 Å². The number of amidine groups is 2. The smallest absolute Gasteiger partial charge is 0.292 e. The standard InChI is InChI=1S/C21H23ClN4O/c1-21(8-9-21)15-5-3-4-14(11-15)18-24-19(26-20(25-18)27-2)16-10-13(12-23)6-7-17(16)22/h3-7,10-11,19H,8-9,12,23H2,1-2H3,(H,24,25,26). The Balaban J connectivity index is 1.74. The number of aliphatic imine (C=N–C) groups is 2. The van der Waals surface area contributed by atoms with Gasteiger partial charge in [0.1, 0.15) is 5.84 Å². The maximum absolute atomic E-state index is 6.42. The van der Waals surface area contributed by atoms with Crippen molar-refractivity contribution in [3.05, 3.63) is 69.7 Å². The van der Waals surface area contributed by atoms with E-state index in [1.807, 2.05) is 18.2 Å². The van der Waals surface area contributed by atoms with Crippen molar-refractivity contribution in [2.75, 3.05) is 7.11 Å². The van der Waals surface area contributed by atoms with Crippen LogP contribution in [0.2, 0.25) is 5.02 Å². The van der Waals surface area contributed by atoms with E-state index >= 15 is 0 Å². The monoisotopic (exact) mass is 382 g/mol. The van der Waals surface area contributed by atoms with Gasteiger partial charge in [-0.25, -0.2) is 9.98 Å². The molecule has 1 aliphatic carbocycles. The third kappa shape index (κ3) is 3.57. The van der Waals surface area contributed by atoms with Crippen LogP contribution in [0.1, 0.15) is 48.2 Å². The second kappa shape index (κ2) is 6.98. The van der Waals surface area contributed by atoms with Gasteiger partial charge in [0.15, 0.2) is 6.17 Å². The minimum Gasteiger partial charge on any atom is -0.468 e. The molecule has 4 rings (SSSR count). The minimum atomic E-state index is -0.477. The molecular formula is C21H23ClN4O. The first-order valence-corrected chi connectivity index (χ1v) is 9.46. The van der Waals surface area contributed by atoms with Gasteiger partial charge in [-0.05, 0) is 47.6 Å². The Morgan fingerprint density at radius 2 is 2.04 bits per heavy atom. The van der Waals surface area contributed by atoms with Crippen molar-refractivity contribution in [1.29, 1.82) is 0 Å². The summed E-state index contributed by atoms with van der Waals surface area (Å²) in [5, 5.41) is 3.79. The molecule has 1 fully saturated rings. The molecule has 0 spiro atoms. The molecule has 140 valence electrons. The molecule has 2 aromatic carbocycles. The Kier molecular flexibility index (Phi) is 4.66. The van der Waals surface area contributed by atoms with Crippen LogP contribution in [0.25, 0.3) is 0 Å². The van der Waals surface area contributed by atoms with Crippen LogP contribution in [0.4, 0.5) is 0 Å². The lowest BCUT2D eigenvalue weighted by atomic mass is 9.96. The predicted octanol–water partition coefficient (Wildman–Crippen LogP) is 3.90. The van der Waals surface area contributed by atoms with Crippen molar-refractivity contribution in [2.45, 2.75) is 37.9 Å². The quantitative estimate of drug-likeness (QED) is 0.842. The van der Waals surface area contributed by atoms with Gasteiger partial charge in [-0.2, -0.15) is 0 Å². The average molecular weight is 383 g/mol. The Morgan fingerprint density at radius 1 is 1.22 bits per heavy atom. The fourth-order valence-corrected chi connectivity index (χ4v) is 3.47. The summed E-state index contributed by atoms with van der Waals surface area (Å²) in [4.78, 5) is 9.35. The van der Waals surface area contributed by atoms with Crippen molar-refractivity contribution in [3.8, 4) is 0 Å². The highest BCUT2D eigenvalue weighted by molar-refractivity contribution is 6.31. The third-order valence-electron chi connectivity index (χ3n) is 5.32. The van der Waals surface area contributed by atoms with Crippen LogP contribution in [0.5, 0.6) is 0 Å². The molecule has 6 heteroatoms. The Bertz CT molecular complexity index is 934. The average Bonchev–Trinajstić information content (AvgIpc) is 3.47. The zero-order chi connectivity index (χ0) is 19.0. The molecule has 27 heavy (non-hydrogen) atoms. The molecule has 0 radical (unpaired) electrons. The highest BCUT2D eigenvalue weighted by Crippen LogP contribution is 2.47. The van der Waals surface area contributed by atoms with Crippen LogP contribution >= 0.6 is 11.6 Å². The first kappa shape index (κ1) is 18.0. The summed E-state index contributed by atoms with van der Waals surface area (Å²) in [6.07, 6.45) is 1.98. The maximum atomic E-state index is 6.42. The van der Waals surface area contributed by atoms with Crippen LogP contribution in [-0.4, -0.2) is 19.0 Å². The Morgan fingerprint density at radius 3 is 2.74 bits per heavy atom. The molecule has 0 aromatic heterocycles. The van der Waals surface area contributed by atoms with Gasteiger partial charge in [-0.3, -0.25) is 5.32 Å². The van der Waals surface area contributed by atoms with Gasteiger partial charge in [-0.1, -0.05) is 42.8 Å². The van der Waals surface area contributed by atoms with Crippen LogP contribution in [0, 0.1) is 0 Å². The number of nitrogens with two attached hydrogens (primary N) is 1. The SMILES string of the molecule is COC1=NC(c2cc(CN)ccc2Cl)N=C(c2cccc(C3(C)CC3)c2)N1. The third-order valence-corrected chi connectivity index (χ3v) is 5.66. The highest BCUT2D eigenvalue weighted by Gasteiger charge is 2.39. The van der Waals surface area contributed by atoms with E-state index in [4.69, 9.17) is 27.1 Å². The number of nitrogens with one attached hydrogen (secondary N) is 1. The van der Waals surface area contributed by atoms with E-state index in [0.29, 0.717) is 23.0 Å². The van der Waals surface area contributed by atoms with Gasteiger partial charge >= 0.3 is 0 Å². The summed E-state index contributed by atoms with van der Waals surface area (Å²) in [7, 11) is 1.59. The molecule has 0 amide bonds. The lowest BCUT2D eigenvalue weighted by molar-refractivity contribution is 0.381. The lowest BCUT2D eigenvalue weighted by Gasteiger charge is -2.22. The maximum Gasteiger partial charge on any atom is 0.292 e. The van der Waals surface area contributed by atoms with Gasteiger partial charge in [0.05, 0.1) is 7.11 Å². The highest BCUT2D eigenvalue weighted by atomic mass is 35.5. The molecule has 3 N–H and O–H groups in total. The molecule has 5 nitrogen and oxygen atoms in total. The summed E-state index contributed by atoms with van der Waals surface area (Å²) in [6.45, 7) is 2.73. The fourth-order valence-electron chi connectivity index (χ4n) is 3.25. The van der Waals surface area contributed by atoms with Crippen molar-refractivity contribution in [3.63, 3.8) is 0 Å². The molecule has 1 unspecified atom stereocenters. The van der Waals surface area contributed by atoms with Gasteiger partial charge < -0.3 is 10.5 Å². The van der Waals surface area contributed by atoms with Crippen LogP contribution in [0.3, 0.4) is 0 Å². The zero-order valence-electron chi connectivity index (χ0n) is 15.5. The van der Waals surface area contributed by atoms with Crippen molar-refractivity contribution in [1.82, 2.24) is 5.32 Å². The summed E-state index contributed by atoms with van der Waals surface area (Å²) in [6, 6.07) is 14.6. The normalized spacial score (nSPS) is 20.4. The summed E-state index contributed by atoms with van der Waals surface area (Å²) in [5.41, 5.74) is 10.2. The van der Waals surface area contributed by atoms with Gasteiger partial charge in [0, 0.05) is 22.7 Å². The topological polar surface area (TPSA) is 72.0 Å². The second-order valence-electron chi connectivity index (χ2n) is 7.32. The van der Waals surface area contributed by atoms with E-state index in [0.717, 1.165) is 22.5 Å². The van der Waals surface area contributed by atoms with Crippen molar-refractivity contribution in [2.24, 2.45) is 15.7 Å². The molecule has 2 aliphatic rings. The largest absolute Gasteiger partial charge is 0.468 e. The lowest BCUT2D eigenvalue weighted by Crippen LogP contribution is -2.36. The van der Waals surface area contributed by atoms with Gasteiger partial charge in [0.25, 0.3) is 6.02 Å². The molecule has 1 heterocycles. The van der Waals surface area contributed by atoms with Crippen molar-refractivity contribution >= 4 is 23.5 Å². The van der Waals surface area contributed by atoms with Crippen LogP contribution < -0.4 is 11.1 Å². The first-order valence-electron chi connectivity index (χ1n) is 9.08. The van der Waals surface area contributed by atoms with E-state index < -0.39 is 6.17 Å². The number of hydrogen-bond acceptors (Lipinski definition) is 5. The molecule has 1 atom stereocenters. The molecule has 1 saturated carbocycles. The second-order valence-corrected chi connectivity index (χ2v) is 7.72. The number of ether oxygens (including phenoxy) is 1. The number of methoxy groups -OCH3 is 1. The fraction of sp³-hybridized carbons (Fsp3) is 0.333. The predicted molar refractivity (Wildman–Crippen MR) is 109 cm³/mol. The summed E-state index contributed by atoms with van der Waals surface area (Å²) < 4.78 is 5.39. The Hall–Kier alpha value is -2.37.